The van der Waals surface area contributed by atoms with Crippen LogP contribution in [0.25, 0.3) is 6.08 Å². The predicted octanol–water partition coefficient (Wildman–Crippen LogP) is 0.501. The van der Waals surface area contributed by atoms with Crippen molar-refractivity contribution in [1.29, 1.82) is 0 Å². The first kappa shape index (κ1) is 21.9. The van der Waals surface area contributed by atoms with Crippen molar-refractivity contribution in [3.63, 3.8) is 0 Å². The molecule has 11 nitrogen and oxygen atoms in total. The normalized spacial score (nSPS) is 34.0. The van der Waals surface area contributed by atoms with E-state index in [0.29, 0.717) is 5.75 Å². The molecular formula is C23H24N4O7. The lowest BCUT2D eigenvalue weighted by atomic mass is 9.42. The number of urea groups is 2. The Balaban J connectivity index is 1.40. The van der Waals surface area contributed by atoms with Crippen LogP contribution in [0.2, 0.25) is 0 Å². The smallest absolute Gasteiger partial charge is 0.331 e. The minimum atomic E-state index is -1.23. The Hall–Kier alpha value is -3.89. The maximum Gasteiger partial charge on any atom is 0.331 e. The number of hydrogen-bond donors (Lipinski definition) is 2. The fourth-order valence-corrected chi connectivity index (χ4v) is 5.75. The van der Waals surface area contributed by atoms with Gasteiger partial charge < -0.3 is 19.3 Å². The first-order valence-electron chi connectivity index (χ1n) is 10.9. The number of benzene rings is 1. The average Bonchev–Trinajstić information content (AvgIpc) is 2.98. The van der Waals surface area contributed by atoms with Crippen molar-refractivity contribution in [3.05, 3.63) is 35.9 Å². The number of nitrogens with one attached hydrogen (secondary N) is 2. The Morgan fingerprint density at radius 1 is 0.941 bits per heavy atom. The van der Waals surface area contributed by atoms with E-state index in [1.54, 1.807) is 51.3 Å². The second-order valence-corrected chi connectivity index (χ2v) is 9.28. The molecule has 6 amide bonds. The third-order valence-electron chi connectivity index (χ3n) is 7.75. The number of rotatable bonds is 4. The van der Waals surface area contributed by atoms with Gasteiger partial charge in [0.25, 0.3) is 0 Å². The summed E-state index contributed by atoms with van der Waals surface area (Å²) in [5, 5.41) is 4.65. The number of amides is 6. The fraction of sp³-hybridized carbons (Fsp3) is 0.435. The number of imide groups is 2. The number of fused-ring (bicyclic) bond motifs is 1. The largest absolute Gasteiger partial charge is 0.497 e. The highest BCUT2D eigenvalue weighted by molar-refractivity contribution is 6.11. The summed E-state index contributed by atoms with van der Waals surface area (Å²) in [6, 6.07) is 4.39. The Bertz CT molecular complexity index is 1090. The van der Waals surface area contributed by atoms with Crippen molar-refractivity contribution in [2.75, 3.05) is 20.2 Å². The van der Waals surface area contributed by atoms with Crippen LogP contribution >= 0.6 is 0 Å². The Morgan fingerprint density at radius 2 is 1.44 bits per heavy atom. The third kappa shape index (κ3) is 2.79. The van der Waals surface area contributed by atoms with Crippen LogP contribution in [0.4, 0.5) is 9.59 Å². The number of carbonyl (C=O) groups excluding carboxylic acids is 5. The Morgan fingerprint density at radius 3 is 1.91 bits per heavy atom. The number of esters is 1. The topological polar surface area (TPSA) is 134 Å². The van der Waals surface area contributed by atoms with Gasteiger partial charge in [0.05, 0.1) is 43.1 Å². The van der Waals surface area contributed by atoms with Crippen LogP contribution in [0.1, 0.15) is 19.4 Å². The van der Waals surface area contributed by atoms with Crippen LogP contribution in [0, 0.1) is 10.8 Å². The van der Waals surface area contributed by atoms with Gasteiger partial charge in [0.1, 0.15) is 11.9 Å². The molecule has 4 atom stereocenters. The van der Waals surface area contributed by atoms with Gasteiger partial charge in [-0.2, -0.15) is 0 Å². The highest BCUT2D eigenvalue weighted by Gasteiger charge is 2.81. The summed E-state index contributed by atoms with van der Waals surface area (Å²) < 4.78 is 10.7. The molecule has 5 rings (SSSR count). The standard InChI is InChI=1S/C23H24N4O7/c1-22-16-17-23(22,2)19(30)25-21(32)27(17)11-14(10-26(16)20(31)24-18(22)29)34-15(28)9-6-12-4-7-13(33-3)8-5-12/h4-9,14,16-17H,10-11H2,1-3H3,(H,24,29,31)(H,25,30,32)/b9-6+. The van der Waals surface area contributed by atoms with Crippen molar-refractivity contribution in [2.45, 2.75) is 32.0 Å². The number of carbonyl (C=O) groups is 5. The molecular weight excluding hydrogens is 444 g/mol. The second-order valence-electron chi connectivity index (χ2n) is 9.28. The molecule has 0 bridgehead atoms. The summed E-state index contributed by atoms with van der Waals surface area (Å²) >= 11 is 0. The predicted molar refractivity (Wildman–Crippen MR) is 116 cm³/mol. The first-order valence-corrected chi connectivity index (χ1v) is 10.9. The molecule has 0 radical (unpaired) electrons. The molecule has 4 unspecified atom stereocenters. The molecule has 4 fully saturated rings. The molecule has 3 saturated heterocycles. The van der Waals surface area contributed by atoms with Gasteiger partial charge in [0, 0.05) is 6.08 Å². The van der Waals surface area contributed by atoms with Crippen molar-refractivity contribution in [1.82, 2.24) is 20.4 Å². The van der Waals surface area contributed by atoms with E-state index in [0.717, 1.165) is 5.56 Å². The third-order valence-corrected chi connectivity index (χ3v) is 7.75. The quantitative estimate of drug-likeness (QED) is 0.485. The van der Waals surface area contributed by atoms with Gasteiger partial charge in [0.15, 0.2) is 0 Å². The lowest BCUT2D eigenvalue weighted by Gasteiger charge is -2.70. The van der Waals surface area contributed by atoms with E-state index in [9.17, 15) is 24.0 Å². The second kappa shape index (κ2) is 7.31. The minimum absolute atomic E-state index is 0.0218. The van der Waals surface area contributed by atoms with E-state index in [-0.39, 0.29) is 13.1 Å². The van der Waals surface area contributed by atoms with E-state index in [2.05, 4.69) is 10.6 Å². The van der Waals surface area contributed by atoms with Gasteiger partial charge in [-0.3, -0.25) is 20.2 Å². The van der Waals surface area contributed by atoms with Gasteiger partial charge in [-0.1, -0.05) is 12.1 Å². The molecule has 1 aromatic carbocycles. The zero-order chi connectivity index (χ0) is 24.4. The molecule has 4 aliphatic rings. The van der Waals surface area contributed by atoms with Crippen LogP contribution in [0.15, 0.2) is 30.3 Å². The molecule has 1 aliphatic carbocycles. The van der Waals surface area contributed by atoms with Crippen molar-refractivity contribution < 1.29 is 33.4 Å². The van der Waals surface area contributed by atoms with Gasteiger partial charge in [-0.05, 0) is 37.6 Å². The van der Waals surface area contributed by atoms with E-state index in [4.69, 9.17) is 9.47 Å². The van der Waals surface area contributed by atoms with Crippen molar-refractivity contribution in [3.8, 4) is 5.75 Å². The molecule has 2 N–H and O–H groups in total. The van der Waals surface area contributed by atoms with Gasteiger partial charge in [0.2, 0.25) is 11.8 Å². The van der Waals surface area contributed by atoms with Gasteiger partial charge in [-0.15, -0.1) is 0 Å². The number of methoxy groups -OCH3 is 1. The summed E-state index contributed by atoms with van der Waals surface area (Å²) in [4.78, 5) is 66.5. The fourth-order valence-electron chi connectivity index (χ4n) is 5.75. The molecule has 178 valence electrons. The lowest BCUT2D eigenvalue weighted by molar-refractivity contribution is -0.209. The van der Waals surface area contributed by atoms with E-state index in [1.807, 2.05) is 0 Å². The zero-order valence-corrected chi connectivity index (χ0v) is 18.9. The lowest BCUT2D eigenvalue weighted by Crippen LogP contribution is -2.90. The van der Waals surface area contributed by atoms with E-state index in [1.165, 1.54) is 15.9 Å². The van der Waals surface area contributed by atoms with Crippen molar-refractivity contribution in [2.24, 2.45) is 10.8 Å². The average molecular weight is 468 g/mol. The molecule has 1 saturated carbocycles. The SMILES string of the molecule is COc1ccc(/C=C/C(=O)OC2CN3C(=O)NC(=O)C4(C)C3C3N(C2)C(=O)NC(=O)C34C)cc1. The van der Waals surface area contributed by atoms with Crippen LogP contribution in [-0.4, -0.2) is 78.0 Å². The molecule has 0 aromatic heterocycles. The van der Waals surface area contributed by atoms with E-state index < -0.39 is 58.9 Å². The summed E-state index contributed by atoms with van der Waals surface area (Å²) in [6.45, 7) is 3.21. The summed E-state index contributed by atoms with van der Waals surface area (Å²) in [6.07, 6.45) is 1.98. The first-order chi connectivity index (χ1) is 16.1. The van der Waals surface area contributed by atoms with Crippen molar-refractivity contribution >= 4 is 35.9 Å². The number of ether oxygens (including phenoxy) is 2. The van der Waals surface area contributed by atoms with Crippen LogP contribution in [0.3, 0.4) is 0 Å². The molecule has 11 heteroatoms. The molecule has 3 heterocycles. The molecule has 1 aromatic rings. The van der Waals surface area contributed by atoms with E-state index >= 15 is 0 Å². The monoisotopic (exact) mass is 468 g/mol. The minimum Gasteiger partial charge on any atom is -0.497 e. The Kier molecular flexibility index (Phi) is 4.71. The van der Waals surface area contributed by atoms with Crippen LogP contribution in [-0.2, 0) is 19.1 Å². The Labute approximate surface area is 195 Å². The maximum atomic E-state index is 12.8. The summed E-state index contributed by atoms with van der Waals surface area (Å²) in [5.74, 6) is -1.08. The zero-order valence-electron chi connectivity index (χ0n) is 18.9. The summed E-state index contributed by atoms with van der Waals surface area (Å²) in [5.41, 5.74) is -1.71. The molecule has 3 aliphatic heterocycles. The van der Waals surface area contributed by atoms with Gasteiger partial charge >= 0.3 is 18.0 Å². The number of hydrogen-bond acceptors (Lipinski definition) is 7. The summed E-state index contributed by atoms with van der Waals surface area (Å²) in [7, 11) is 1.56. The van der Waals surface area contributed by atoms with Crippen LogP contribution < -0.4 is 15.4 Å². The highest BCUT2D eigenvalue weighted by atomic mass is 16.5. The maximum absolute atomic E-state index is 12.8. The number of nitrogens with zero attached hydrogens (tertiary/aromatic N) is 2. The molecule has 34 heavy (non-hydrogen) atoms. The van der Waals surface area contributed by atoms with Crippen LogP contribution in [0.5, 0.6) is 5.75 Å². The van der Waals surface area contributed by atoms with Gasteiger partial charge in [-0.25, -0.2) is 14.4 Å². The highest BCUT2D eigenvalue weighted by Crippen LogP contribution is 2.63. The molecule has 0 spiro atoms.